The lowest BCUT2D eigenvalue weighted by Crippen LogP contribution is -2.32. The molecule has 0 fully saturated rings. The largest absolute Gasteiger partial charge is 0.332 e. The van der Waals surface area contributed by atoms with Gasteiger partial charge >= 0.3 is 0 Å². The molecule has 2 rings (SSSR count). The summed E-state index contributed by atoms with van der Waals surface area (Å²) in [6.07, 6.45) is 0.620. The summed E-state index contributed by atoms with van der Waals surface area (Å²) in [6.45, 7) is 3.58. The van der Waals surface area contributed by atoms with Crippen LogP contribution in [0.15, 0.2) is 47.4 Å². The molecular weight excluding hydrogens is 388 g/mol. The van der Waals surface area contributed by atoms with Gasteiger partial charge in [0.1, 0.15) is 17.7 Å². The highest BCUT2D eigenvalue weighted by Gasteiger charge is 2.20. The van der Waals surface area contributed by atoms with E-state index in [-0.39, 0.29) is 22.1 Å². The fraction of sp³-hybridized carbons (Fsp3) is 0.263. The van der Waals surface area contributed by atoms with Crippen molar-refractivity contribution in [3.63, 3.8) is 0 Å². The lowest BCUT2D eigenvalue weighted by Gasteiger charge is -2.14. The van der Waals surface area contributed by atoms with Gasteiger partial charge in [0.2, 0.25) is 10.0 Å². The molecule has 0 radical (unpaired) electrons. The summed E-state index contributed by atoms with van der Waals surface area (Å²) in [7, 11) is -3.71. The Kier molecular flexibility index (Phi) is 6.83. The third-order valence-electron chi connectivity index (χ3n) is 4.07. The monoisotopic (exact) mass is 407 g/mol. The molecule has 148 valence electrons. The number of nitriles is 1. The van der Waals surface area contributed by atoms with Crippen molar-refractivity contribution in [1.82, 2.24) is 10.0 Å². The number of carbonyl (C=O) groups excluding carboxylic acids is 1. The summed E-state index contributed by atoms with van der Waals surface area (Å²) in [5.74, 6) is -2.45. The molecule has 2 unspecified atom stereocenters. The highest BCUT2D eigenvalue weighted by atomic mass is 32.2. The van der Waals surface area contributed by atoms with Gasteiger partial charge in [-0.05, 0) is 43.7 Å². The van der Waals surface area contributed by atoms with Crippen molar-refractivity contribution in [2.45, 2.75) is 37.2 Å². The van der Waals surface area contributed by atoms with Gasteiger partial charge in [-0.15, -0.1) is 0 Å². The number of sulfonamides is 1. The maximum absolute atomic E-state index is 13.8. The summed E-state index contributed by atoms with van der Waals surface area (Å²) in [5, 5.41) is 11.5. The molecule has 6 nitrogen and oxygen atoms in total. The average molecular weight is 407 g/mol. The van der Waals surface area contributed by atoms with Crippen LogP contribution in [0, 0.1) is 23.0 Å². The maximum atomic E-state index is 13.8. The standard InChI is InChI=1S/C19H19F2N3O3S/c1-3-12(2)24-28(26,27)15-7-4-13(5-8-15)19(25)23-18(11-22)16-9-6-14(20)10-17(16)21/h4-10,12,18,24H,3H2,1-2H3,(H,23,25). The normalized spacial score (nSPS) is 13.4. The molecular formula is C19H19F2N3O3S. The third kappa shape index (κ3) is 5.12. The lowest BCUT2D eigenvalue weighted by atomic mass is 10.1. The van der Waals surface area contributed by atoms with Gasteiger partial charge in [0, 0.05) is 23.2 Å². The quantitative estimate of drug-likeness (QED) is 0.737. The molecule has 0 saturated carbocycles. The van der Waals surface area contributed by atoms with Gasteiger partial charge in [-0.1, -0.05) is 13.0 Å². The minimum absolute atomic E-state index is 0.00855. The number of amides is 1. The van der Waals surface area contributed by atoms with Crippen LogP contribution in [0.4, 0.5) is 8.78 Å². The number of carbonyl (C=O) groups is 1. The van der Waals surface area contributed by atoms with Gasteiger partial charge in [-0.3, -0.25) is 4.79 Å². The van der Waals surface area contributed by atoms with E-state index in [9.17, 15) is 27.3 Å². The lowest BCUT2D eigenvalue weighted by molar-refractivity contribution is 0.0944. The molecule has 2 N–H and O–H groups in total. The van der Waals surface area contributed by atoms with Crippen molar-refractivity contribution in [2.75, 3.05) is 0 Å². The van der Waals surface area contributed by atoms with Crippen LogP contribution < -0.4 is 10.0 Å². The van der Waals surface area contributed by atoms with Crippen molar-refractivity contribution in [3.05, 3.63) is 65.2 Å². The predicted octanol–water partition coefficient (Wildman–Crippen LogP) is 3.04. The molecule has 0 aliphatic heterocycles. The smallest absolute Gasteiger partial charge is 0.252 e. The van der Waals surface area contributed by atoms with Gasteiger partial charge in [0.05, 0.1) is 11.0 Å². The van der Waals surface area contributed by atoms with Crippen LogP contribution in [-0.2, 0) is 10.0 Å². The summed E-state index contributed by atoms with van der Waals surface area (Å²) >= 11 is 0. The SMILES string of the molecule is CCC(C)NS(=O)(=O)c1ccc(C(=O)NC(C#N)c2ccc(F)cc2F)cc1. The Morgan fingerprint density at radius 3 is 2.36 bits per heavy atom. The van der Waals surface area contributed by atoms with Crippen LogP contribution in [0.1, 0.15) is 42.2 Å². The Morgan fingerprint density at radius 1 is 1.18 bits per heavy atom. The molecule has 0 aromatic heterocycles. The molecule has 0 spiro atoms. The third-order valence-corrected chi connectivity index (χ3v) is 5.68. The van der Waals surface area contributed by atoms with Crippen LogP contribution in [0.3, 0.4) is 0 Å². The zero-order valence-electron chi connectivity index (χ0n) is 15.2. The zero-order valence-corrected chi connectivity index (χ0v) is 16.1. The molecule has 2 atom stereocenters. The Hall–Kier alpha value is -2.83. The highest BCUT2D eigenvalue weighted by molar-refractivity contribution is 7.89. The molecule has 2 aromatic rings. The van der Waals surface area contributed by atoms with E-state index in [0.717, 1.165) is 12.1 Å². The zero-order chi connectivity index (χ0) is 20.9. The van der Waals surface area contributed by atoms with Crippen molar-refractivity contribution in [1.29, 1.82) is 5.26 Å². The first kappa shape index (κ1) is 21.5. The first-order valence-corrected chi connectivity index (χ1v) is 9.94. The van der Waals surface area contributed by atoms with Crippen LogP contribution in [0.2, 0.25) is 0 Å². The number of rotatable bonds is 7. The van der Waals surface area contributed by atoms with E-state index in [1.54, 1.807) is 13.0 Å². The summed E-state index contributed by atoms with van der Waals surface area (Å²) in [5.41, 5.74) is -0.0838. The Balaban J connectivity index is 2.17. The van der Waals surface area contributed by atoms with Crippen LogP contribution >= 0.6 is 0 Å². The maximum Gasteiger partial charge on any atom is 0.252 e. The highest BCUT2D eigenvalue weighted by Crippen LogP contribution is 2.19. The second kappa shape index (κ2) is 8.91. The molecule has 9 heteroatoms. The number of nitrogens with zero attached hydrogens (tertiary/aromatic N) is 1. The van der Waals surface area contributed by atoms with Crippen LogP contribution in [0.25, 0.3) is 0 Å². The van der Waals surface area contributed by atoms with Crippen LogP contribution in [0.5, 0.6) is 0 Å². The van der Waals surface area contributed by atoms with Gasteiger partial charge in [0.25, 0.3) is 5.91 Å². The van der Waals surface area contributed by atoms with E-state index in [4.69, 9.17) is 0 Å². The average Bonchev–Trinajstić information content (AvgIpc) is 2.66. The van der Waals surface area contributed by atoms with Crippen molar-refractivity contribution < 1.29 is 22.0 Å². The summed E-state index contributed by atoms with van der Waals surface area (Å²) in [6, 6.07) is 7.96. The molecule has 0 heterocycles. The van der Waals surface area contributed by atoms with Gasteiger partial charge in [-0.2, -0.15) is 5.26 Å². The molecule has 0 saturated heterocycles. The number of benzene rings is 2. The number of hydrogen-bond acceptors (Lipinski definition) is 4. The second-order valence-corrected chi connectivity index (χ2v) is 7.87. The van der Waals surface area contributed by atoms with Gasteiger partial charge in [0.15, 0.2) is 0 Å². The van der Waals surface area contributed by atoms with Gasteiger partial charge in [-0.25, -0.2) is 21.9 Å². The first-order valence-electron chi connectivity index (χ1n) is 8.45. The second-order valence-electron chi connectivity index (χ2n) is 6.16. The van der Waals surface area contributed by atoms with Gasteiger partial charge < -0.3 is 5.32 Å². The van der Waals surface area contributed by atoms with E-state index in [1.807, 2.05) is 6.92 Å². The van der Waals surface area contributed by atoms with E-state index in [2.05, 4.69) is 10.0 Å². The Bertz CT molecular complexity index is 1000. The van der Waals surface area contributed by atoms with E-state index in [0.29, 0.717) is 12.5 Å². The number of hydrogen-bond donors (Lipinski definition) is 2. The summed E-state index contributed by atoms with van der Waals surface area (Å²) in [4.78, 5) is 12.3. The molecule has 0 aliphatic carbocycles. The molecule has 1 amide bonds. The molecule has 2 aromatic carbocycles. The van der Waals surface area contributed by atoms with Crippen molar-refractivity contribution in [2.24, 2.45) is 0 Å². The minimum Gasteiger partial charge on any atom is -0.332 e. The van der Waals surface area contributed by atoms with Crippen LogP contribution in [-0.4, -0.2) is 20.4 Å². The Labute approximate surface area is 162 Å². The van der Waals surface area contributed by atoms with E-state index in [1.165, 1.54) is 24.3 Å². The molecule has 0 aliphatic rings. The molecule has 28 heavy (non-hydrogen) atoms. The van der Waals surface area contributed by atoms with E-state index < -0.39 is 33.6 Å². The topological polar surface area (TPSA) is 99.1 Å². The van der Waals surface area contributed by atoms with E-state index >= 15 is 0 Å². The van der Waals surface area contributed by atoms with Crippen molar-refractivity contribution >= 4 is 15.9 Å². The summed E-state index contributed by atoms with van der Waals surface area (Å²) < 4.78 is 53.8. The fourth-order valence-electron chi connectivity index (χ4n) is 2.33. The first-order chi connectivity index (χ1) is 13.2. The minimum atomic E-state index is -3.71. The number of halogens is 2. The fourth-order valence-corrected chi connectivity index (χ4v) is 3.66. The predicted molar refractivity (Wildman–Crippen MR) is 98.7 cm³/mol. The number of nitrogens with one attached hydrogen (secondary N) is 2. The van der Waals surface area contributed by atoms with Crippen molar-refractivity contribution in [3.8, 4) is 6.07 Å². The molecule has 0 bridgehead atoms. The Morgan fingerprint density at radius 2 is 1.82 bits per heavy atom.